The van der Waals surface area contributed by atoms with Gasteiger partial charge in [0, 0.05) is 5.39 Å². The van der Waals surface area contributed by atoms with E-state index in [-0.39, 0.29) is 5.70 Å². The van der Waals surface area contributed by atoms with Gasteiger partial charge in [0.25, 0.3) is 0 Å². The molecule has 22 heavy (non-hydrogen) atoms. The molecule has 0 radical (unpaired) electrons. The van der Waals surface area contributed by atoms with Gasteiger partial charge in [0.15, 0.2) is 12.4 Å². The van der Waals surface area contributed by atoms with Gasteiger partial charge in [-0.1, -0.05) is 24.8 Å². The van der Waals surface area contributed by atoms with E-state index in [1.807, 2.05) is 18.2 Å². The van der Waals surface area contributed by atoms with Crippen molar-refractivity contribution in [2.24, 2.45) is 0 Å². The number of fused-ring (bicyclic) bond motifs is 1. The fraction of sp³-hybridized carbons (Fsp3) is 0.214. The molecule has 0 saturated heterocycles. The molecule has 2 N–H and O–H groups in total. The summed E-state index contributed by atoms with van der Waals surface area (Å²) < 4.78 is 41.2. The first-order valence-corrected chi connectivity index (χ1v) is 6.24. The van der Waals surface area contributed by atoms with E-state index in [0.717, 1.165) is 5.39 Å². The maximum Gasteiger partial charge on any atom is 0.405 e. The number of halogens is 3. The molecule has 8 heteroatoms. The van der Waals surface area contributed by atoms with Gasteiger partial charge in [0.1, 0.15) is 12.1 Å². The number of alkyl halides is 3. The van der Waals surface area contributed by atoms with Crippen molar-refractivity contribution in [3.63, 3.8) is 0 Å². The Kier molecular flexibility index (Phi) is 4.71. The Labute approximate surface area is 123 Å². The molecule has 0 spiro atoms. The highest BCUT2D eigenvalue weighted by Crippen LogP contribution is 2.22. The lowest BCUT2D eigenvalue weighted by molar-refractivity contribution is -0.142. The fourth-order valence-electron chi connectivity index (χ4n) is 1.62. The van der Waals surface area contributed by atoms with Gasteiger partial charge >= 0.3 is 6.18 Å². The first-order valence-electron chi connectivity index (χ1n) is 6.24. The van der Waals surface area contributed by atoms with Crippen LogP contribution < -0.4 is 10.8 Å². The van der Waals surface area contributed by atoms with Crippen LogP contribution >= 0.6 is 0 Å². The molecule has 0 atom stereocenters. The van der Waals surface area contributed by atoms with Gasteiger partial charge in [0.2, 0.25) is 5.91 Å². The molecular formula is C14H13F3N2O3. The molecule has 2 rings (SSSR count). The smallest absolute Gasteiger partial charge is 0.405 e. The normalized spacial score (nSPS) is 11.4. The quantitative estimate of drug-likeness (QED) is 0.805. The lowest BCUT2D eigenvalue weighted by Gasteiger charge is -2.09. The summed E-state index contributed by atoms with van der Waals surface area (Å²) in [5, 5.41) is 2.54. The van der Waals surface area contributed by atoms with Crippen molar-refractivity contribution in [2.75, 3.05) is 13.2 Å². The van der Waals surface area contributed by atoms with Gasteiger partial charge in [-0.3, -0.25) is 15.1 Å². The van der Waals surface area contributed by atoms with E-state index in [1.165, 1.54) is 0 Å². The number of carbonyl (C=O) groups excluding carboxylic acids is 1. The summed E-state index contributed by atoms with van der Waals surface area (Å²) in [6.45, 7) is 1.67. The second-order valence-electron chi connectivity index (χ2n) is 4.41. The van der Waals surface area contributed by atoms with Crippen molar-refractivity contribution < 1.29 is 27.2 Å². The number of hydrogen-bond donors (Lipinski definition) is 2. The minimum absolute atomic E-state index is 0.250. The lowest BCUT2D eigenvalue weighted by Crippen LogP contribution is -2.37. The van der Waals surface area contributed by atoms with Crippen molar-refractivity contribution in [2.45, 2.75) is 6.18 Å². The van der Waals surface area contributed by atoms with E-state index >= 15 is 0 Å². The molecule has 118 valence electrons. The third kappa shape index (κ3) is 4.52. The van der Waals surface area contributed by atoms with E-state index in [4.69, 9.17) is 9.25 Å². The number of rotatable bonds is 6. The summed E-state index contributed by atoms with van der Waals surface area (Å²) in [6.07, 6.45) is -4.46. The van der Waals surface area contributed by atoms with Crippen LogP contribution in [-0.4, -0.2) is 25.2 Å². The van der Waals surface area contributed by atoms with Crippen LogP contribution in [0.25, 0.3) is 16.7 Å². The summed E-state index contributed by atoms with van der Waals surface area (Å²) in [5.41, 5.74) is 3.26. The first-order chi connectivity index (χ1) is 10.3. The zero-order valence-electron chi connectivity index (χ0n) is 11.4. The highest BCUT2D eigenvalue weighted by Gasteiger charge is 2.27. The summed E-state index contributed by atoms with van der Waals surface area (Å²) in [5.74, 6) is -0.501. The predicted molar refractivity (Wildman–Crippen MR) is 73.4 cm³/mol. The van der Waals surface area contributed by atoms with Crippen molar-refractivity contribution in [3.05, 3.63) is 42.7 Å². The average molecular weight is 314 g/mol. The highest BCUT2D eigenvalue weighted by atomic mass is 19.4. The van der Waals surface area contributed by atoms with Crippen LogP contribution in [-0.2, 0) is 9.63 Å². The number of benzene rings is 1. The highest BCUT2D eigenvalue weighted by molar-refractivity contribution is 5.81. The predicted octanol–water partition coefficient (Wildman–Crippen LogP) is 2.60. The molecule has 5 nitrogen and oxygen atoms in total. The summed E-state index contributed by atoms with van der Waals surface area (Å²) >= 11 is 0. The number of amides is 1. The molecule has 1 aromatic carbocycles. The topological polar surface area (TPSA) is 63.5 Å². The van der Waals surface area contributed by atoms with Gasteiger partial charge in [-0.15, -0.1) is 0 Å². The molecule has 0 unspecified atom stereocenters. The molecule has 1 amide bonds. The van der Waals surface area contributed by atoms with Gasteiger partial charge in [0.05, 0.1) is 5.70 Å². The number of nitrogens with one attached hydrogen (secondary N) is 2. The number of hydrogen-bond acceptors (Lipinski definition) is 4. The van der Waals surface area contributed by atoms with Crippen LogP contribution in [0.3, 0.4) is 0 Å². The van der Waals surface area contributed by atoms with E-state index in [9.17, 15) is 18.0 Å². The first kappa shape index (κ1) is 15.9. The Balaban J connectivity index is 1.79. The number of furan rings is 1. The van der Waals surface area contributed by atoms with Crippen molar-refractivity contribution in [1.29, 1.82) is 0 Å². The summed E-state index contributed by atoms with van der Waals surface area (Å²) in [4.78, 5) is 15.9. The van der Waals surface area contributed by atoms with Gasteiger partial charge in [-0.25, -0.2) is 0 Å². The van der Waals surface area contributed by atoms with Crippen molar-refractivity contribution in [3.8, 4) is 0 Å². The Morgan fingerprint density at radius 1 is 1.32 bits per heavy atom. The number of carbonyl (C=O) groups is 1. The van der Waals surface area contributed by atoms with Crippen molar-refractivity contribution in [1.82, 2.24) is 10.8 Å². The van der Waals surface area contributed by atoms with E-state index < -0.39 is 25.2 Å². The Morgan fingerprint density at radius 3 is 2.73 bits per heavy atom. The Morgan fingerprint density at radius 2 is 2.05 bits per heavy atom. The van der Waals surface area contributed by atoms with E-state index in [1.54, 1.807) is 17.4 Å². The molecule has 1 heterocycles. The molecule has 0 aliphatic rings. The van der Waals surface area contributed by atoms with Crippen LogP contribution in [0.4, 0.5) is 13.2 Å². The molecule has 2 aromatic rings. The number of para-hydroxylation sites is 1. The second kappa shape index (κ2) is 6.52. The third-order valence-corrected chi connectivity index (χ3v) is 2.61. The van der Waals surface area contributed by atoms with Crippen LogP contribution in [0.15, 0.2) is 41.3 Å². The van der Waals surface area contributed by atoms with E-state index in [2.05, 4.69) is 12.1 Å². The van der Waals surface area contributed by atoms with Crippen LogP contribution in [0.5, 0.6) is 0 Å². The molecule has 1 aromatic heterocycles. The zero-order chi connectivity index (χ0) is 16.2. The molecular weight excluding hydrogens is 301 g/mol. The molecule has 0 bridgehead atoms. The van der Waals surface area contributed by atoms with Crippen LogP contribution in [0, 0.1) is 0 Å². The summed E-state index contributed by atoms with van der Waals surface area (Å²) in [6, 6.07) is 9.00. The monoisotopic (exact) mass is 314 g/mol. The Hall–Kier alpha value is -2.48. The molecule has 0 fully saturated rings. The van der Waals surface area contributed by atoms with Crippen molar-refractivity contribution >= 4 is 22.6 Å². The minimum Gasteiger partial charge on any atom is -0.454 e. The number of hydroxylamine groups is 1. The van der Waals surface area contributed by atoms with E-state index in [0.29, 0.717) is 11.3 Å². The fourth-order valence-corrected chi connectivity index (χ4v) is 1.62. The summed E-state index contributed by atoms with van der Waals surface area (Å²) in [7, 11) is 0. The maximum absolute atomic E-state index is 11.9. The van der Waals surface area contributed by atoms with Crippen LogP contribution in [0.2, 0.25) is 0 Å². The molecule has 0 aliphatic heterocycles. The largest absolute Gasteiger partial charge is 0.454 e. The molecule has 0 saturated carbocycles. The zero-order valence-corrected chi connectivity index (χ0v) is 11.4. The van der Waals surface area contributed by atoms with Gasteiger partial charge in [-0.2, -0.15) is 13.2 Å². The maximum atomic E-state index is 11.9. The standard InChI is InChI=1S/C14H13F3N2O3/c1-9(12-6-10-4-2-3-5-11(10)22-12)19-21-7-13(20)18-8-14(15,16)17/h2-6,19H,1,7-8H2,(H,18,20). The van der Waals surface area contributed by atoms with Gasteiger partial charge < -0.3 is 9.73 Å². The average Bonchev–Trinajstić information content (AvgIpc) is 2.88. The van der Waals surface area contributed by atoms with Crippen LogP contribution in [0.1, 0.15) is 5.76 Å². The SMILES string of the molecule is C=C(NOCC(=O)NCC(F)(F)F)c1cc2ccccc2o1. The lowest BCUT2D eigenvalue weighted by atomic mass is 10.2. The minimum atomic E-state index is -4.46. The Bertz CT molecular complexity index is 646. The van der Waals surface area contributed by atoms with Gasteiger partial charge in [-0.05, 0) is 12.1 Å². The molecule has 0 aliphatic carbocycles. The second-order valence-corrected chi connectivity index (χ2v) is 4.41. The third-order valence-electron chi connectivity index (χ3n) is 2.61.